The molecule has 0 saturated carbocycles. The molecule has 0 bridgehead atoms. The third kappa shape index (κ3) is 4.73. The van der Waals surface area contributed by atoms with E-state index in [1.807, 2.05) is 30.3 Å². The van der Waals surface area contributed by atoms with Crippen LogP contribution in [0.1, 0.15) is 5.56 Å². The Morgan fingerprint density at radius 1 is 1.10 bits per heavy atom. The molecule has 1 heterocycles. The molecule has 0 aliphatic rings. The van der Waals surface area contributed by atoms with Crippen LogP contribution in [0.25, 0.3) is 11.3 Å². The first-order chi connectivity index (χ1) is 13.8. The molecule has 0 amide bonds. The fraction of sp³-hybridized carbons (Fsp3) is 0.158. The molecule has 3 rings (SSSR count). The maximum atomic E-state index is 12.5. The van der Waals surface area contributed by atoms with Gasteiger partial charge in [0, 0.05) is 30.3 Å². The zero-order valence-electron chi connectivity index (χ0n) is 15.5. The average molecular weight is 414 g/mol. The van der Waals surface area contributed by atoms with E-state index in [1.165, 1.54) is 22.9 Å². The summed E-state index contributed by atoms with van der Waals surface area (Å²) in [7, 11) is -3.99. The van der Waals surface area contributed by atoms with E-state index >= 15 is 0 Å². The van der Waals surface area contributed by atoms with Gasteiger partial charge in [-0.05, 0) is 18.6 Å². The van der Waals surface area contributed by atoms with E-state index in [2.05, 4.69) is 9.82 Å². The van der Waals surface area contributed by atoms with Crippen molar-refractivity contribution in [2.24, 2.45) is 0 Å². The van der Waals surface area contributed by atoms with Crippen LogP contribution in [0.5, 0.6) is 0 Å². The number of rotatable bonds is 7. The summed E-state index contributed by atoms with van der Waals surface area (Å²) < 4.78 is 28.6. The fourth-order valence-corrected chi connectivity index (χ4v) is 4.01. The van der Waals surface area contributed by atoms with Gasteiger partial charge >= 0.3 is 0 Å². The predicted octanol–water partition coefficient (Wildman–Crippen LogP) is 2.11. The Hall–Kier alpha value is -3.37. The first-order valence-corrected chi connectivity index (χ1v) is 10.1. The summed E-state index contributed by atoms with van der Waals surface area (Å²) in [6.45, 7) is 1.45. The van der Waals surface area contributed by atoms with Crippen molar-refractivity contribution in [3.63, 3.8) is 0 Å². The minimum absolute atomic E-state index is 0.00666. The van der Waals surface area contributed by atoms with Gasteiger partial charge in [-0.15, -0.1) is 0 Å². The second-order valence-corrected chi connectivity index (χ2v) is 7.99. The van der Waals surface area contributed by atoms with Crippen molar-refractivity contribution in [2.45, 2.75) is 18.4 Å². The van der Waals surface area contributed by atoms with Crippen LogP contribution >= 0.6 is 0 Å². The quantitative estimate of drug-likeness (QED) is 0.466. The van der Waals surface area contributed by atoms with Crippen molar-refractivity contribution in [2.75, 3.05) is 6.54 Å². The minimum atomic E-state index is -3.99. The topological polar surface area (TPSA) is 124 Å². The van der Waals surface area contributed by atoms with Gasteiger partial charge in [-0.3, -0.25) is 14.9 Å². The summed E-state index contributed by atoms with van der Waals surface area (Å²) in [6.07, 6.45) is 0. The summed E-state index contributed by atoms with van der Waals surface area (Å²) in [6, 6.07) is 15.9. The van der Waals surface area contributed by atoms with Gasteiger partial charge in [-0.1, -0.05) is 36.4 Å². The van der Waals surface area contributed by atoms with Gasteiger partial charge in [0.1, 0.15) is 0 Å². The minimum Gasteiger partial charge on any atom is -0.268 e. The molecule has 9 nitrogen and oxygen atoms in total. The van der Waals surface area contributed by atoms with E-state index in [-0.39, 0.29) is 29.2 Å². The smallest absolute Gasteiger partial charge is 0.268 e. The van der Waals surface area contributed by atoms with Crippen molar-refractivity contribution in [3.8, 4) is 11.3 Å². The number of benzene rings is 2. The molecule has 1 N–H and O–H groups in total. The maximum absolute atomic E-state index is 12.5. The lowest BCUT2D eigenvalue weighted by Crippen LogP contribution is -2.32. The number of nitrogens with one attached hydrogen (secondary N) is 1. The van der Waals surface area contributed by atoms with Crippen LogP contribution in [-0.4, -0.2) is 29.7 Å². The van der Waals surface area contributed by atoms with Crippen LogP contribution in [-0.2, 0) is 16.6 Å². The van der Waals surface area contributed by atoms with E-state index in [9.17, 15) is 23.3 Å². The van der Waals surface area contributed by atoms with Crippen LogP contribution in [0, 0.1) is 17.0 Å². The first-order valence-electron chi connectivity index (χ1n) is 8.66. The molecule has 150 valence electrons. The Morgan fingerprint density at radius 2 is 1.83 bits per heavy atom. The summed E-state index contributed by atoms with van der Waals surface area (Å²) in [5.74, 6) is 0. The Bertz CT molecular complexity index is 1210. The molecule has 0 radical (unpaired) electrons. The van der Waals surface area contributed by atoms with Gasteiger partial charge in [0.15, 0.2) is 0 Å². The van der Waals surface area contributed by atoms with E-state index < -0.39 is 14.9 Å². The lowest BCUT2D eigenvalue weighted by atomic mass is 10.1. The number of aryl methyl sites for hydroxylation is 1. The number of hydrogen-bond donors (Lipinski definition) is 1. The number of non-ortho nitro benzene ring substituents is 1. The van der Waals surface area contributed by atoms with E-state index in [0.717, 1.165) is 11.6 Å². The summed E-state index contributed by atoms with van der Waals surface area (Å²) in [5.41, 5.74) is 1.11. The number of nitrogens with zero attached hydrogens (tertiary/aromatic N) is 3. The van der Waals surface area contributed by atoms with Gasteiger partial charge in [0.25, 0.3) is 11.2 Å². The number of nitro benzene ring substituents is 1. The number of sulfonamides is 1. The van der Waals surface area contributed by atoms with E-state index in [0.29, 0.717) is 11.3 Å². The van der Waals surface area contributed by atoms with Crippen LogP contribution in [0.2, 0.25) is 0 Å². The van der Waals surface area contributed by atoms with Crippen molar-refractivity contribution in [1.82, 2.24) is 14.5 Å². The van der Waals surface area contributed by atoms with Crippen LogP contribution in [0.15, 0.2) is 70.4 Å². The van der Waals surface area contributed by atoms with Gasteiger partial charge in [-0.2, -0.15) is 5.10 Å². The molecule has 0 spiro atoms. The largest absolute Gasteiger partial charge is 0.270 e. The third-order valence-corrected chi connectivity index (χ3v) is 5.83. The lowest BCUT2D eigenvalue weighted by Gasteiger charge is -2.10. The molecule has 10 heteroatoms. The second kappa shape index (κ2) is 8.33. The Balaban J connectivity index is 1.77. The Morgan fingerprint density at radius 3 is 2.52 bits per heavy atom. The van der Waals surface area contributed by atoms with Crippen molar-refractivity contribution in [3.05, 3.63) is 86.7 Å². The highest BCUT2D eigenvalue weighted by Crippen LogP contribution is 2.21. The Labute approximate surface area is 166 Å². The fourth-order valence-electron chi connectivity index (χ4n) is 2.73. The molecule has 0 aliphatic carbocycles. The summed E-state index contributed by atoms with van der Waals surface area (Å²) in [4.78, 5) is 22.1. The van der Waals surface area contributed by atoms with Gasteiger partial charge in [-0.25, -0.2) is 17.8 Å². The molecule has 0 atom stereocenters. The monoisotopic (exact) mass is 414 g/mol. The second-order valence-electron chi connectivity index (χ2n) is 6.25. The highest BCUT2D eigenvalue weighted by atomic mass is 32.2. The highest BCUT2D eigenvalue weighted by molar-refractivity contribution is 7.89. The zero-order valence-corrected chi connectivity index (χ0v) is 16.3. The SMILES string of the molecule is Cc1ccc([N+](=O)[O-])cc1S(=O)(=O)NCCn1nc(-c2ccccc2)ccc1=O. The maximum Gasteiger partial charge on any atom is 0.270 e. The predicted molar refractivity (Wildman–Crippen MR) is 107 cm³/mol. The molecule has 0 fully saturated rings. The molecule has 0 aliphatic heterocycles. The van der Waals surface area contributed by atoms with Crippen molar-refractivity contribution in [1.29, 1.82) is 0 Å². The van der Waals surface area contributed by atoms with E-state index in [1.54, 1.807) is 13.0 Å². The third-order valence-electron chi connectivity index (χ3n) is 4.22. The van der Waals surface area contributed by atoms with Gasteiger partial charge in [0.05, 0.1) is 22.1 Å². The lowest BCUT2D eigenvalue weighted by molar-refractivity contribution is -0.385. The average Bonchev–Trinajstić information content (AvgIpc) is 2.70. The number of aromatic nitrogens is 2. The number of hydrogen-bond acceptors (Lipinski definition) is 6. The zero-order chi connectivity index (χ0) is 21.0. The van der Waals surface area contributed by atoms with Crippen LogP contribution < -0.4 is 10.3 Å². The molecular formula is C19H18N4O5S. The Kier molecular flexibility index (Phi) is 5.85. The van der Waals surface area contributed by atoms with Gasteiger partial charge < -0.3 is 0 Å². The molecular weight excluding hydrogens is 396 g/mol. The molecule has 2 aromatic carbocycles. The molecule has 0 unspecified atom stereocenters. The number of nitro groups is 1. The molecule has 3 aromatic rings. The van der Waals surface area contributed by atoms with Crippen LogP contribution in [0.4, 0.5) is 5.69 Å². The summed E-state index contributed by atoms with van der Waals surface area (Å²) >= 11 is 0. The van der Waals surface area contributed by atoms with Gasteiger partial charge in [0.2, 0.25) is 10.0 Å². The van der Waals surface area contributed by atoms with Crippen molar-refractivity contribution < 1.29 is 13.3 Å². The van der Waals surface area contributed by atoms with Crippen molar-refractivity contribution >= 4 is 15.7 Å². The molecule has 0 saturated heterocycles. The van der Waals surface area contributed by atoms with Crippen LogP contribution in [0.3, 0.4) is 0 Å². The standard InChI is InChI=1S/C19H18N4O5S/c1-14-7-8-16(23(25)26)13-18(14)29(27,28)20-11-12-22-19(24)10-9-17(21-22)15-5-3-2-4-6-15/h2-10,13,20H,11-12H2,1H3. The first kappa shape index (κ1) is 20.4. The highest BCUT2D eigenvalue weighted by Gasteiger charge is 2.20. The molecule has 29 heavy (non-hydrogen) atoms. The van der Waals surface area contributed by atoms with E-state index in [4.69, 9.17) is 0 Å². The summed E-state index contributed by atoms with van der Waals surface area (Å²) in [5, 5.41) is 15.2. The normalized spacial score (nSPS) is 11.3. The molecule has 1 aromatic heterocycles.